The maximum Gasteiger partial charge on any atom is 0.389 e. The van der Waals surface area contributed by atoms with Gasteiger partial charge < -0.3 is 15.4 Å². The molecule has 0 radical (unpaired) electrons. The first-order valence-electron chi connectivity index (χ1n) is 6.08. The largest absolute Gasteiger partial charge is 0.389 e. The van der Waals surface area contributed by atoms with E-state index in [1.54, 1.807) is 0 Å². The van der Waals surface area contributed by atoms with Crippen molar-refractivity contribution in [2.24, 2.45) is 0 Å². The van der Waals surface area contributed by atoms with E-state index in [1.165, 1.54) is 16.9 Å². The summed E-state index contributed by atoms with van der Waals surface area (Å²) >= 11 is 0. The third kappa shape index (κ3) is 3.41. The molecule has 7 nitrogen and oxygen atoms in total. The van der Waals surface area contributed by atoms with Crippen LogP contribution in [0.5, 0.6) is 0 Å². The number of nitrogens with one attached hydrogen (secondary N) is 1. The quantitative estimate of drug-likeness (QED) is 0.663. The van der Waals surface area contributed by atoms with Crippen molar-refractivity contribution in [3.63, 3.8) is 0 Å². The number of amides is 1. The number of rotatable bonds is 5. The van der Waals surface area contributed by atoms with Gasteiger partial charge in [-0.1, -0.05) is 30.3 Å². The molecule has 0 spiro atoms. The molecule has 2 rings (SSSR count). The minimum atomic E-state index is -0.596. The van der Waals surface area contributed by atoms with Gasteiger partial charge >= 0.3 is 5.82 Å². The van der Waals surface area contributed by atoms with E-state index >= 15 is 0 Å². The van der Waals surface area contributed by atoms with Crippen LogP contribution in [0.25, 0.3) is 0 Å². The van der Waals surface area contributed by atoms with E-state index in [0.29, 0.717) is 0 Å². The molecule has 7 heteroatoms. The van der Waals surface area contributed by atoms with E-state index < -0.39 is 4.92 Å². The molecular formula is C13H14N4O3. The average Bonchev–Trinajstić information content (AvgIpc) is 2.88. The van der Waals surface area contributed by atoms with Gasteiger partial charge in [-0.2, -0.15) is 4.68 Å². The Bertz CT molecular complexity index is 609. The molecule has 0 bridgehead atoms. The fourth-order valence-corrected chi connectivity index (χ4v) is 1.80. The SMILES string of the molecule is CC(NC(=O)Cn1ccc([N+](=O)[O-])n1)c1ccccc1. The Hall–Kier alpha value is -2.70. The lowest BCUT2D eigenvalue weighted by Crippen LogP contribution is -2.30. The van der Waals surface area contributed by atoms with Crippen molar-refractivity contribution in [3.05, 3.63) is 58.3 Å². The van der Waals surface area contributed by atoms with E-state index in [2.05, 4.69) is 10.4 Å². The third-order valence-electron chi connectivity index (χ3n) is 2.80. The normalized spacial score (nSPS) is 11.8. The highest BCUT2D eigenvalue weighted by atomic mass is 16.6. The summed E-state index contributed by atoms with van der Waals surface area (Å²) in [6.45, 7) is 1.82. The number of benzene rings is 1. The second kappa shape index (κ2) is 5.96. The number of nitro groups is 1. The van der Waals surface area contributed by atoms with Gasteiger partial charge in [0.25, 0.3) is 0 Å². The first-order valence-corrected chi connectivity index (χ1v) is 6.08. The number of aromatic nitrogens is 2. The summed E-state index contributed by atoms with van der Waals surface area (Å²) in [5.41, 5.74) is 0.993. The van der Waals surface area contributed by atoms with E-state index in [4.69, 9.17) is 0 Å². The fourth-order valence-electron chi connectivity index (χ4n) is 1.80. The van der Waals surface area contributed by atoms with Gasteiger partial charge in [-0.05, 0) is 17.4 Å². The molecule has 1 unspecified atom stereocenters. The van der Waals surface area contributed by atoms with E-state index in [1.807, 2.05) is 37.3 Å². The Morgan fingerprint density at radius 1 is 1.40 bits per heavy atom. The number of hydrogen-bond acceptors (Lipinski definition) is 4. The topological polar surface area (TPSA) is 90.1 Å². The van der Waals surface area contributed by atoms with Crippen molar-refractivity contribution in [1.82, 2.24) is 15.1 Å². The Kier molecular flexibility index (Phi) is 4.09. The summed E-state index contributed by atoms with van der Waals surface area (Å²) in [6.07, 6.45) is 1.41. The molecule has 0 aliphatic carbocycles. The van der Waals surface area contributed by atoms with Crippen LogP contribution in [0.4, 0.5) is 5.82 Å². The zero-order valence-electron chi connectivity index (χ0n) is 10.9. The van der Waals surface area contributed by atoms with E-state index in [-0.39, 0.29) is 24.3 Å². The average molecular weight is 274 g/mol. The van der Waals surface area contributed by atoms with E-state index in [0.717, 1.165) is 5.56 Å². The summed E-state index contributed by atoms with van der Waals surface area (Å²) < 4.78 is 1.24. The lowest BCUT2D eigenvalue weighted by atomic mass is 10.1. The summed E-state index contributed by atoms with van der Waals surface area (Å²) in [7, 11) is 0. The van der Waals surface area contributed by atoms with Gasteiger partial charge in [0.1, 0.15) is 6.54 Å². The summed E-state index contributed by atoms with van der Waals surface area (Å²) in [5.74, 6) is -0.520. The van der Waals surface area contributed by atoms with E-state index in [9.17, 15) is 14.9 Å². The van der Waals surface area contributed by atoms with Crippen LogP contribution in [0.1, 0.15) is 18.5 Å². The third-order valence-corrected chi connectivity index (χ3v) is 2.80. The van der Waals surface area contributed by atoms with Gasteiger partial charge in [0.2, 0.25) is 5.91 Å². The second-order valence-corrected chi connectivity index (χ2v) is 4.33. The molecule has 1 atom stereocenters. The summed E-state index contributed by atoms with van der Waals surface area (Å²) in [4.78, 5) is 21.7. The van der Waals surface area contributed by atoms with Crippen molar-refractivity contribution >= 4 is 11.7 Å². The highest BCUT2D eigenvalue weighted by Gasteiger charge is 2.15. The number of carbonyl (C=O) groups is 1. The standard InChI is InChI=1S/C13H14N4O3/c1-10(11-5-3-2-4-6-11)14-13(18)9-16-8-7-12(15-16)17(19)20/h2-8,10H,9H2,1H3,(H,14,18). The Labute approximate surface area is 115 Å². The first kappa shape index (κ1) is 13.7. The number of nitrogens with zero attached hydrogens (tertiary/aromatic N) is 3. The molecule has 1 aromatic carbocycles. The van der Waals surface area contributed by atoms with Crippen LogP contribution in [0.3, 0.4) is 0 Å². The molecule has 104 valence electrons. The highest BCUT2D eigenvalue weighted by molar-refractivity contribution is 5.76. The molecule has 0 saturated heterocycles. The molecule has 2 aromatic rings. The van der Waals surface area contributed by atoms with Crippen LogP contribution < -0.4 is 5.32 Å². The van der Waals surface area contributed by atoms with Crippen LogP contribution in [0, 0.1) is 10.1 Å². The molecule has 0 fully saturated rings. The molecule has 1 N–H and O–H groups in total. The summed E-state index contributed by atoms with van der Waals surface area (Å²) in [5, 5.41) is 17.0. The predicted molar refractivity (Wildman–Crippen MR) is 71.9 cm³/mol. The minimum Gasteiger partial charge on any atom is -0.358 e. The van der Waals surface area contributed by atoms with Gasteiger partial charge in [-0.15, -0.1) is 0 Å². The molecule has 0 saturated carbocycles. The maximum atomic E-state index is 11.8. The van der Waals surface area contributed by atoms with Gasteiger partial charge in [0, 0.05) is 0 Å². The lowest BCUT2D eigenvalue weighted by molar-refractivity contribution is -0.389. The molecule has 0 aliphatic heterocycles. The van der Waals surface area contributed by atoms with Gasteiger partial charge in [-0.25, -0.2) is 0 Å². The van der Waals surface area contributed by atoms with Crippen molar-refractivity contribution in [3.8, 4) is 0 Å². The molecule has 0 aliphatic rings. The van der Waals surface area contributed by atoms with Crippen molar-refractivity contribution in [2.45, 2.75) is 19.5 Å². The van der Waals surface area contributed by atoms with Crippen LogP contribution in [0.2, 0.25) is 0 Å². The Morgan fingerprint density at radius 2 is 2.10 bits per heavy atom. The minimum absolute atomic E-state index is 0.0506. The molecule has 1 amide bonds. The molecule has 20 heavy (non-hydrogen) atoms. The molecule has 1 aromatic heterocycles. The second-order valence-electron chi connectivity index (χ2n) is 4.33. The van der Waals surface area contributed by atoms with Crippen LogP contribution in [-0.4, -0.2) is 20.6 Å². The fraction of sp³-hybridized carbons (Fsp3) is 0.231. The summed E-state index contributed by atoms with van der Waals surface area (Å²) in [6, 6.07) is 10.7. The Morgan fingerprint density at radius 3 is 2.70 bits per heavy atom. The van der Waals surface area contributed by atoms with Crippen molar-refractivity contribution in [1.29, 1.82) is 0 Å². The predicted octanol–water partition coefficient (Wildman–Crippen LogP) is 1.67. The van der Waals surface area contributed by atoms with Gasteiger partial charge in [-0.3, -0.25) is 4.79 Å². The molecule has 1 heterocycles. The highest BCUT2D eigenvalue weighted by Crippen LogP contribution is 2.11. The van der Waals surface area contributed by atoms with Crippen LogP contribution in [0.15, 0.2) is 42.6 Å². The maximum absolute atomic E-state index is 11.8. The smallest absolute Gasteiger partial charge is 0.358 e. The van der Waals surface area contributed by atoms with Crippen molar-refractivity contribution in [2.75, 3.05) is 0 Å². The molecular weight excluding hydrogens is 260 g/mol. The number of carbonyl (C=O) groups excluding carboxylic acids is 1. The number of hydrogen-bond donors (Lipinski definition) is 1. The van der Waals surface area contributed by atoms with Gasteiger partial charge in [0.05, 0.1) is 23.4 Å². The first-order chi connectivity index (χ1) is 9.56. The zero-order valence-corrected chi connectivity index (χ0v) is 10.9. The Balaban J connectivity index is 1.93. The van der Waals surface area contributed by atoms with Crippen molar-refractivity contribution < 1.29 is 9.72 Å². The zero-order chi connectivity index (χ0) is 14.5. The van der Waals surface area contributed by atoms with Gasteiger partial charge in [0.15, 0.2) is 0 Å². The monoisotopic (exact) mass is 274 g/mol. The van der Waals surface area contributed by atoms with Crippen LogP contribution in [-0.2, 0) is 11.3 Å². The van der Waals surface area contributed by atoms with Crippen LogP contribution >= 0.6 is 0 Å². The lowest BCUT2D eigenvalue weighted by Gasteiger charge is -2.13.